The molecule has 3 heteroatoms. The Balaban J connectivity index is 3.63. The smallest absolute Gasteiger partial charge is 0.220 e. The fraction of sp³-hybridized carbons (Fsp3) is 0.938. The lowest BCUT2D eigenvalue weighted by Crippen LogP contribution is -2.46. The number of rotatable bonds is 12. The first-order valence-corrected chi connectivity index (χ1v) is 8.00. The van der Waals surface area contributed by atoms with Gasteiger partial charge in [-0.15, -0.1) is 0 Å². The largest absolute Gasteiger partial charge is 0.396 e. The third kappa shape index (κ3) is 9.94. The van der Waals surface area contributed by atoms with E-state index in [-0.39, 0.29) is 18.1 Å². The molecule has 0 rings (SSSR count). The van der Waals surface area contributed by atoms with Crippen LogP contribution in [-0.4, -0.2) is 23.2 Å². The van der Waals surface area contributed by atoms with Gasteiger partial charge in [0.1, 0.15) is 0 Å². The van der Waals surface area contributed by atoms with Crippen molar-refractivity contribution in [2.45, 2.75) is 90.5 Å². The van der Waals surface area contributed by atoms with E-state index in [2.05, 4.69) is 12.2 Å². The summed E-state index contributed by atoms with van der Waals surface area (Å²) in [6, 6.07) is 0. The number of nitrogens with one attached hydrogen (secondary N) is 1. The minimum atomic E-state index is -0.243. The molecular weight excluding hydrogens is 238 g/mol. The van der Waals surface area contributed by atoms with Crippen LogP contribution in [-0.2, 0) is 4.79 Å². The Morgan fingerprint density at radius 3 is 2.16 bits per heavy atom. The van der Waals surface area contributed by atoms with Gasteiger partial charge < -0.3 is 10.4 Å². The highest BCUT2D eigenvalue weighted by Crippen LogP contribution is 2.15. The zero-order chi connectivity index (χ0) is 14.6. The minimum absolute atomic E-state index is 0.127. The third-order valence-corrected chi connectivity index (χ3v) is 3.89. The van der Waals surface area contributed by atoms with Crippen LogP contribution in [0, 0.1) is 0 Å². The van der Waals surface area contributed by atoms with Crippen molar-refractivity contribution in [2.75, 3.05) is 6.61 Å². The minimum Gasteiger partial charge on any atom is -0.396 e. The Bertz CT molecular complexity index is 231. The number of aliphatic hydroxyl groups excluding tert-OH is 1. The van der Waals surface area contributed by atoms with Crippen molar-refractivity contribution < 1.29 is 9.90 Å². The SMILES string of the molecule is CCCCCCCCCC(=O)NC(C)(CC)CCO. The molecule has 0 aliphatic heterocycles. The third-order valence-electron chi connectivity index (χ3n) is 3.89. The van der Waals surface area contributed by atoms with Gasteiger partial charge in [-0.05, 0) is 26.2 Å². The number of aliphatic hydroxyl groups is 1. The van der Waals surface area contributed by atoms with Crippen LogP contribution in [0.15, 0.2) is 0 Å². The van der Waals surface area contributed by atoms with E-state index in [4.69, 9.17) is 5.11 Å². The predicted octanol–water partition coefficient (Wildman–Crippen LogP) is 3.79. The van der Waals surface area contributed by atoms with Gasteiger partial charge in [0.2, 0.25) is 5.91 Å². The second-order valence-electron chi connectivity index (χ2n) is 5.81. The first kappa shape index (κ1) is 18.4. The highest BCUT2D eigenvalue weighted by molar-refractivity contribution is 5.76. The van der Waals surface area contributed by atoms with E-state index in [0.29, 0.717) is 12.8 Å². The normalized spacial score (nSPS) is 14.1. The summed E-state index contributed by atoms with van der Waals surface area (Å²) in [7, 11) is 0. The second-order valence-corrected chi connectivity index (χ2v) is 5.81. The second kappa shape index (κ2) is 11.3. The Hall–Kier alpha value is -0.570. The van der Waals surface area contributed by atoms with Gasteiger partial charge in [-0.1, -0.05) is 52.4 Å². The molecule has 2 N–H and O–H groups in total. The van der Waals surface area contributed by atoms with Crippen LogP contribution in [0.1, 0.15) is 85.0 Å². The van der Waals surface area contributed by atoms with Crippen LogP contribution in [0.4, 0.5) is 0 Å². The molecule has 0 aromatic rings. The van der Waals surface area contributed by atoms with E-state index in [0.717, 1.165) is 19.3 Å². The van der Waals surface area contributed by atoms with Crippen molar-refractivity contribution in [3.05, 3.63) is 0 Å². The van der Waals surface area contributed by atoms with Gasteiger partial charge in [-0.25, -0.2) is 0 Å². The number of hydrogen-bond acceptors (Lipinski definition) is 2. The number of amides is 1. The van der Waals surface area contributed by atoms with Crippen molar-refractivity contribution in [3.63, 3.8) is 0 Å². The molecule has 19 heavy (non-hydrogen) atoms. The summed E-state index contributed by atoms with van der Waals surface area (Å²) in [5.74, 6) is 0.131. The van der Waals surface area contributed by atoms with E-state index in [1.54, 1.807) is 0 Å². The van der Waals surface area contributed by atoms with E-state index in [1.165, 1.54) is 32.1 Å². The van der Waals surface area contributed by atoms with Gasteiger partial charge in [0.05, 0.1) is 0 Å². The van der Waals surface area contributed by atoms with Crippen molar-refractivity contribution in [3.8, 4) is 0 Å². The van der Waals surface area contributed by atoms with Crippen molar-refractivity contribution >= 4 is 5.91 Å². The Kier molecular flexibility index (Phi) is 10.9. The monoisotopic (exact) mass is 271 g/mol. The highest BCUT2D eigenvalue weighted by Gasteiger charge is 2.22. The molecule has 0 bridgehead atoms. The van der Waals surface area contributed by atoms with Crippen LogP contribution in [0.25, 0.3) is 0 Å². The van der Waals surface area contributed by atoms with Crippen molar-refractivity contribution in [1.29, 1.82) is 0 Å². The molecule has 0 aliphatic carbocycles. The van der Waals surface area contributed by atoms with Gasteiger partial charge in [-0.2, -0.15) is 0 Å². The fourth-order valence-electron chi connectivity index (χ4n) is 2.22. The molecule has 3 nitrogen and oxygen atoms in total. The van der Waals surface area contributed by atoms with Crippen molar-refractivity contribution in [1.82, 2.24) is 5.32 Å². The van der Waals surface area contributed by atoms with Gasteiger partial charge in [0.25, 0.3) is 0 Å². The average molecular weight is 271 g/mol. The number of unbranched alkanes of at least 4 members (excludes halogenated alkanes) is 6. The first-order valence-electron chi connectivity index (χ1n) is 8.00. The number of carbonyl (C=O) groups excluding carboxylic acids is 1. The molecule has 0 aromatic carbocycles. The molecule has 0 aliphatic rings. The first-order chi connectivity index (χ1) is 9.08. The molecular formula is C16H33NO2. The van der Waals surface area contributed by atoms with Gasteiger partial charge >= 0.3 is 0 Å². The molecule has 0 aromatic heterocycles. The van der Waals surface area contributed by atoms with Crippen LogP contribution in [0.3, 0.4) is 0 Å². The topological polar surface area (TPSA) is 49.3 Å². The molecule has 1 amide bonds. The summed E-state index contributed by atoms with van der Waals surface area (Å²) in [6.45, 7) is 6.40. The van der Waals surface area contributed by atoms with Gasteiger partial charge in [0.15, 0.2) is 0 Å². The molecule has 114 valence electrons. The van der Waals surface area contributed by atoms with Gasteiger partial charge in [0, 0.05) is 18.6 Å². The maximum absolute atomic E-state index is 11.8. The summed E-state index contributed by atoms with van der Waals surface area (Å²) >= 11 is 0. The molecule has 0 saturated heterocycles. The summed E-state index contributed by atoms with van der Waals surface area (Å²) in [5.41, 5.74) is -0.243. The molecule has 1 unspecified atom stereocenters. The van der Waals surface area contributed by atoms with Crippen LogP contribution < -0.4 is 5.32 Å². The maximum atomic E-state index is 11.8. The molecule has 1 atom stereocenters. The average Bonchev–Trinajstić information content (AvgIpc) is 2.38. The lowest BCUT2D eigenvalue weighted by molar-refractivity contribution is -0.123. The van der Waals surface area contributed by atoms with Gasteiger partial charge in [-0.3, -0.25) is 4.79 Å². The zero-order valence-corrected chi connectivity index (χ0v) is 13.1. The molecule has 0 fully saturated rings. The molecule has 0 heterocycles. The summed E-state index contributed by atoms with van der Waals surface area (Å²) in [4.78, 5) is 11.8. The number of carbonyl (C=O) groups is 1. The van der Waals surface area contributed by atoms with Crippen LogP contribution in [0.2, 0.25) is 0 Å². The highest BCUT2D eigenvalue weighted by atomic mass is 16.3. The molecule has 0 saturated carbocycles. The standard InChI is InChI=1S/C16H33NO2/c1-4-6-7-8-9-10-11-12-15(19)17-16(3,5-2)13-14-18/h18H,4-14H2,1-3H3,(H,17,19). The Morgan fingerprint density at radius 1 is 1.05 bits per heavy atom. The Morgan fingerprint density at radius 2 is 1.63 bits per heavy atom. The lowest BCUT2D eigenvalue weighted by atomic mass is 9.94. The zero-order valence-electron chi connectivity index (χ0n) is 13.1. The van der Waals surface area contributed by atoms with E-state index in [1.807, 2.05) is 13.8 Å². The molecule has 0 spiro atoms. The molecule has 0 radical (unpaired) electrons. The maximum Gasteiger partial charge on any atom is 0.220 e. The Labute approximate surface area is 119 Å². The summed E-state index contributed by atoms with van der Waals surface area (Å²) in [5, 5.41) is 12.1. The quantitative estimate of drug-likeness (QED) is 0.530. The van der Waals surface area contributed by atoms with E-state index in [9.17, 15) is 4.79 Å². The lowest BCUT2D eigenvalue weighted by Gasteiger charge is -2.29. The van der Waals surface area contributed by atoms with Crippen molar-refractivity contribution in [2.24, 2.45) is 0 Å². The number of hydrogen-bond donors (Lipinski definition) is 2. The predicted molar refractivity (Wildman–Crippen MR) is 81.2 cm³/mol. The van der Waals surface area contributed by atoms with E-state index < -0.39 is 0 Å². The summed E-state index contributed by atoms with van der Waals surface area (Å²) < 4.78 is 0. The van der Waals surface area contributed by atoms with Crippen LogP contribution in [0.5, 0.6) is 0 Å². The van der Waals surface area contributed by atoms with E-state index >= 15 is 0 Å². The summed E-state index contributed by atoms with van der Waals surface area (Å²) in [6.07, 6.45) is 10.7. The fourth-order valence-corrected chi connectivity index (χ4v) is 2.22. The van der Waals surface area contributed by atoms with Crippen LogP contribution >= 0.6 is 0 Å².